The number of aromatic nitrogens is 2. The van der Waals surface area contributed by atoms with Gasteiger partial charge >= 0.3 is 5.97 Å². The van der Waals surface area contributed by atoms with E-state index >= 15 is 0 Å². The highest BCUT2D eigenvalue weighted by molar-refractivity contribution is 6.13. The number of aromatic carboxylic acids is 1. The molecule has 0 saturated heterocycles. The molecule has 4 aromatic rings. The third-order valence-electron chi connectivity index (χ3n) is 4.52. The number of carbonyl (C=O) groups is 2. The lowest BCUT2D eigenvalue weighted by Crippen LogP contribution is -2.22. The summed E-state index contributed by atoms with van der Waals surface area (Å²) in [5.74, 6) is -0.0652. The second-order valence-corrected chi connectivity index (χ2v) is 6.68. The van der Waals surface area contributed by atoms with Crippen LogP contribution in [0.1, 0.15) is 26.6 Å². The van der Waals surface area contributed by atoms with Crippen LogP contribution in [0.3, 0.4) is 0 Å². The summed E-state index contributed by atoms with van der Waals surface area (Å²) in [6.07, 6.45) is 2.72. The predicted octanol–water partition coefficient (Wildman–Crippen LogP) is 3.88. The van der Waals surface area contributed by atoms with Gasteiger partial charge < -0.3 is 19.2 Å². The van der Waals surface area contributed by atoms with E-state index in [1.165, 1.54) is 17.3 Å². The first-order valence-electron chi connectivity index (χ1n) is 8.76. The van der Waals surface area contributed by atoms with Gasteiger partial charge in [0, 0.05) is 19.5 Å². The Morgan fingerprint density at radius 2 is 1.79 bits per heavy atom. The van der Waals surface area contributed by atoms with E-state index in [0.29, 0.717) is 33.3 Å². The Labute approximate surface area is 165 Å². The summed E-state index contributed by atoms with van der Waals surface area (Å²) in [5.41, 5.74) is 0.946. The summed E-state index contributed by atoms with van der Waals surface area (Å²) in [4.78, 5) is 33.1. The number of furan rings is 1. The maximum atomic E-state index is 11.9. The van der Waals surface area contributed by atoms with Crippen molar-refractivity contribution < 1.29 is 23.8 Å². The number of amides is 1. The van der Waals surface area contributed by atoms with Crippen LogP contribution >= 0.6 is 0 Å². The molecule has 0 spiro atoms. The molecule has 0 aliphatic carbocycles. The number of carbonyl (C=O) groups excluding carboxylic acids is 1. The minimum absolute atomic E-state index is 0.202. The van der Waals surface area contributed by atoms with E-state index in [9.17, 15) is 14.7 Å². The molecule has 1 amide bonds. The van der Waals surface area contributed by atoms with Crippen LogP contribution in [0.15, 0.2) is 47.1 Å². The van der Waals surface area contributed by atoms with E-state index in [2.05, 4.69) is 9.97 Å². The van der Waals surface area contributed by atoms with E-state index in [1.54, 1.807) is 51.4 Å². The Balaban J connectivity index is 1.76. The minimum Gasteiger partial charge on any atom is -0.478 e. The standard InChI is InChI=1S/C21H17N3O5/c1-11-18(29-17-10-22-16(9-23-17)20(25)24(2)3)15-8-7-12-13(19(15)28-11)5-4-6-14(12)21(26)27/h4-10H,1-3H3,(H,26,27). The van der Waals surface area contributed by atoms with Gasteiger partial charge in [0.1, 0.15) is 17.0 Å². The summed E-state index contributed by atoms with van der Waals surface area (Å²) in [7, 11) is 3.27. The number of aryl methyl sites for hydroxylation is 1. The van der Waals surface area contributed by atoms with Crippen LogP contribution in [0.2, 0.25) is 0 Å². The largest absolute Gasteiger partial charge is 0.478 e. The van der Waals surface area contributed by atoms with Crippen molar-refractivity contribution in [3.05, 3.63) is 59.7 Å². The van der Waals surface area contributed by atoms with Crippen LogP contribution in [-0.4, -0.2) is 45.9 Å². The normalized spacial score (nSPS) is 11.0. The van der Waals surface area contributed by atoms with Crippen molar-refractivity contribution in [3.63, 3.8) is 0 Å². The maximum Gasteiger partial charge on any atom is 0.336 e. The van der Waals surface area contributed by atoms with Gasteiger partial charge in [-0.3, -0.25) is 4.79 Å². The summed E-state index contributed by atoms with van der Waals surface area (Å²) in [6.45, 7) is 1.75. The number of carboxylic acids is 1. The Hall–Kier alpha value is -3.94. The highest BCUT2D eigenvalue weighted by Crippen LogP contribution is 2.39. The van der Waals surface area contributed by atoms with Crippen LogP contribution in [0.5, 0.6) is 11.6 Å². The van der Waals surface area contributed by atoms with Crippen molar-refractivity contribution in [3.8, 4) is 11.6 Å². The monoisotopic (exact) mass is 391 g/mol. The maximum absolute atomic E-state index is 11.9. The molecule has 8 heteroatoms. The van der Waals surface area contributed by atoms with Crippen LogP contribution in [0, 0.1) is 6.92 Å². The van der Waals surface area contributed by atoms with Gasteiger partial charge in [0.05, 0.1) is 23.3 Å². The van der Waals surface area contributed by atoms with Crippen LogP contribution in [-0.2, 0) is 0 Å². The lowest BCUT2D eigenvalue weighted by atomic mass is 10.0. The summed E-state index contributed by atoms with van der Waals surface area (Å²) in [6, 6.07) is 8.52. The zero-order valence-electron chi connectivity index (χ0n) is 16.0. The molecule has 0 aliphatic heterocycles. The highest BCUT2D eigenvalue weighted by atomic mass is 16.5. The summed E-state index contributed by atoms with van der Waals surface area (Å²) in [5, 5.41) is 11.4. The quantitative estimate of drug-likeness (QED) is 0.563. The fourth-order valence-corrected chi connectivity index (χ4v) is 3.13. The van der Waals surface area contributed by atoms with Gasteiger partial charge in [-0.15, -0.1) is 0 Å². The molecule has 4 rings (SSSR count). The molecular weight excluding hydrogens is 374 g/mol. The van der Waals surface area contributed by atoms with E-state index < -0.39 is 5.97 Å². The molecule has 0 bridgehead atoms. The number of ether oxygens (including phenoxy) is 1. The topological polar surface area (TPSA) is 106 Å². The second-order valence-electron chi connectivity index (χ2n) is 6.68. The average molecular weight is 391 g/mol. The number of nitrogens with zero attached hydrogens (tertiary/aromatic N) is 3. The SMILES string of the molecule is Cc1oc2c(ccc3c(C(=O)O)cccc32)c1Oc1cnc(C(=O)N(C)C)cn1. The fourth-order valence-electron chi connectivity index (χ4n) is 3.13. The van der Waals surface area contributed by atoms with E-state index in [1.807, 2.05) is 0 Å². The number of rotatable bonds is 4. The first-order chi connectivity index (χ1) is 13.9. The second kappa shape index (κ2) is 6.90. The number of hydrogen-bond donors (Lipinski definition) is 1. The molecule has 29 heavy (non-hydrogen) atoms. The molecule has 0 fully saturated rings. The van der Waals surface area contributed by atoms with E-state index in [4.69, 9.17) is 9.15 Å². The van der Waals surface area contributed by atoms with Gasteiger partial charge in [0.15, 0.2) is 5.75 Å². The lowest BCUT2D eigenvalue weighted by Gasteiger charge is -2.09. The average Bonchev–Trinajstić information content (AvgIpc) is 3.03. The number of benzene rings is 2. The molecule has 1 N–H and O–H groups in total. The van der Waals surface area contributed by atoms with Crippen molar-refractivity contribution in [1.29, 1.82) is 0 Å². The molecule has 2 aromatic carbocycles. The van der Waals surface area contributed by atoms with E-state index in [-0.39, 0.29) is 23.0 Å². The molecule has 146 valence electrons. The van der Waals surface area contributed by atoms with Gasteiger partial charge in [-0.2, -0.15) is 0 Å². The predicted molar refractivity (Wildman–Crippen MR) is 106 cm³/mol. The van der Waals surface area contributed by atoms with Gasteiger partial charge in [0.2, 0.25) is 5.88 Å². The molecular formula is C21H17N3O5. The van der Waals surface area contributed by atoms with Crippen molar-refractivity contribution in [2.45, 2.75) is 6.92 Å². The molecule has 0 aliphatic rings. The molecule has 0 unspecified atom stereocenters. The molecule has 8 nitrogen and oxygen atoms in total. The first kappa shape index (κ1) is 18.4. The van der Waals surface area contributed by atoms with Crippen molar-refractivity contribution in [2.24, 2.45) is 0 Å². The van der Waals surface area contributed by atoms with Crippen molar-refractivity contribution in [1.82, 2.24) is 14.9 Å². The third-order valence-corrected chi connectivity index (χ3v) is 4.52. The van der Waals surface area contributed by atoms with Gasteiger partial charge in [0.25, 0.3) is 5.91 Å². The third kappa shape index (κ3) is 3.14. The number of carboxylic acid groups (broad SMARTS) is 1. The Morgan fingerprint density at radius 1 is 1.03 bits per heavy atom. The number of fused-ring (bicyclic) bond motifs is 3. The summed E-state index contributed by atoms with van der Waals surface area (Å²) < 4.78 is 11.8. The lowest BCUT2D eigenvalue weighted by molar-refractivity contribution is 0.0698. The zero-order chi connectivity index (χ0) is 20.7. The number of hydrogen-bond acceptors (Lipinski definition) is 6. The Bertz CT molecular complexity index is 1260. The van der Waals surface area contributed by atoms with Gasteiger partial charge in [-0.25, -0.2) is 14.8 Å². The van der Waals surface area contributed by atoms with E-state index in [0.717, 1.165) is 0 Å². The molecule has 0 radical (unpaired) electrons. The molecule has 2 aromatic heterocycles. The van der Waals surface area contributed by atoms with Crippen LogP contribution in [0.4, 0.5) is 0 Å². The highest BCUT2D eigenvalue weighted by Gasteiger charge is 2.19. The van der Waals surface area contributed by atoms with Crippen molar-refractivity contribution >= 4 is 33.6 Å². The van der Waals surface area contributed by atoms with Crippen LogP contribution in [0.25, 0.3) is 21.7 Å². The minimum atomic E-state index is -1.00. The molecule has 0 atom stereocenters. The fraction of sp³-hybridized carbons (Fsp3) is 0.143. The zero-order valence-corrected chi connectivity index (χ0v) is 16.0. The first-order valence-corrected chi connectivity index (χ1v) is 8.76. The molecule has 0 saturated carbocycles. The van der Waals surface area contributed by atoms with Crippen molar-refractivity contribution in [2.75, 3.05) is 14.1 Å². The molecule has 2 heterocycles. The Morgan fingerprint density at radius 3 is 2.45 bits per heavy atom. The van der Waals surface area contributed by atoms with Crippen LogP contribution < -0.4 is 4.74 Å². The summed E-state index contributed by atoms with van der Waals surface area (Å²) >= 11 is 0. The van der Waals surface area contributed by atoms with Gasteiger partial charge in [-0.1, -0.05) is 18.2 Å². The Kier molecular flexibility index (Phi) is 4.38. The van der Waals surface area contributed by atoms with Gasteiger partial charge in [-0.05, 0) is 24.4 Å². The smallest absolute Gasteiger partial charge is 0.336 e.